The zero-order valence-electron chi connectivity index (χ0n) is 11.3. The quantitative estimate of drug-likeness (QED) is 0.867. The highest BCUT2D eigenvalue weighted by Gasteiger charge is 2.43. The fourth-order valence-corrected chi connectivity index (χ4v) is 4.25. The van der Waals surface area contributed by atoms with Gasteiger partial charge in [0.2, 0.25) is 0 Å². The van der Waals surface area contributed by atoms with Crippen LogP contribution in [0.1, 0.15) is 32.1 Å². The summed E-state index contributed by atoms with van der Waals surface area (Å²) < 4.78 is 9.52. The third-order valence-electron chi connectivity index (χ3n) is 4.58. The Morgan fingerprint density at radius 1 is 1.47 bits per heavy atom. The van der Waals surface area contributed by atoms with Crippen LogP contribution in [-0.2, 0) is 0 Å². The maximum absolute atomic E-state index is 10.7. The molecule has 1 aliphatic carbocycles. The minimum Gasteiger partial charge on any atom is -0.490 e. The molecule has 1 aromatic heterocycles. The summed E-state index contributed by atoms with van der Waals surface area (Å²) in [5.41, 5.74) is 5.37. The Morgan fingerprint density at radius 2 is 2.32 bits per heavy atom. The maximum atomic E-state index is 10.7. The van der Waals surface area contributed by atoms with Crippen molar-refractivity contribution in [2.75, 3.05) is 30.8 Å². The predicted octanol–water partition coefficient (Wildman–Crippen LogP) is 1.87. The number of hydrogen-bond donors (Lipinski definition) is 2. The second-order valence-electron chi connectivity index (χ2n) is 5.65. The molecule has 0 bridgehead atoms. The van der Waals surface area contributed by atoms with Crippen molar-refractivity contribution >= 4 is 22.4 Å². The van der Waals surface area contributed by atoms with Crippen molar-refractivity contribution in [1.82, 2.24) is 4.37 Å². The van der Waals surface area contributed by atoms with Gasteiger partial charge >= 0.3 is 0 Å². The Labute approximate surface area is 117 Å². The van der Waals surface area contributed by atoms with Crippen LogP contribution in [0.5, 0.6) is 5.75 Å². The van der Waals surface area contributed by atoms with Gasteiger partial charge in [0.1, 0.15) is 0 Å². The molecule has 2 aliphatic rings. The second kappa shape index (κ2) is 4.83. The number of anilines is 2. The summed E-state index contributed by atoms with van der Waals surface area (Å²) in [4.78, 5) is 2.28. The van der Waals surface area contributed by atoms with Gasteiger partial charge in [-0.1, -0.05) is 12.8 Å². The van der Waals surface area contributed by atoms with E-state index in [2.05, 4.69) is 9.27 Å². The average Bonchev–Trinajstić information content (AvgIpc) is 2.78. The zero-order chi connectivity index (χ0) is 13.5. The molecule has 1 aromatic rings. The Bertz CT molecular complexity index is 465. The second-order valence-corrected chi connectivity index (χ2v) is 6.40. The van der Waals surface area contributed by atoms with Crippen LogP contribution in [0, 0.1) is 5.92 Å². The summed E-state index contributed by atoms with van der Waals surface area (Å²) in [7, 11) is 1.63. The van der Waals surface area contributed by atoms with Gasteiger partial charge < -0.3 is 20.5 Å². The molecule has 2 unspecified atom stereocenters. The summed E-state index contributed by atoms with van der Waals surface area (Å²) >= 11 is 1.39. The number of nitrogen functional groups attached to an aromatic ring is 1. The number of methoxy groups -OCH3 is 1. The molecule has 2 atom stereocenters. The first-order valence-corrected chi connectivity index (χ1v) is 7.68. The Balaban J connectivity index is 1.80. The van der Waals surface area contributed by atoms with Gasteiger partial charge in [0.05, 0.1) is 12.7 Å². The summed E-state index contributed by atoms with van der Waals surface area (Å²) in [5.74, 6) is 1.52. The van der Waals surface area contributed by atoms with E-state index in [1.54, 1.807) is 7.11 Å². The Morgan fingerprint density at radius 3 is 3.11 bits per heavy atom. The van der Waals surface area contributed by atoms with Crippen LogP contribution in [-0.4, -0.2) is 35.3 Å². The van der Waals surface area contributed by atoms with Gasteiger partial charge in [-0.25, -0.2) is 0 Å². The standard InChI is InChI=1S/C13H21N3O2S/c1-18-10-11(14)15-19-12(10)16-7-6-13(17)5-3-2-4-9(13)8-16/h9,17H,2-8H2,1H3,(H2,14,15). The summed E-state index contributed by atoms with van der Waals surface area (Å²) in [5, 5.41) is 11.7. The highest BCUT2D eigenvalue weighted by atomic mass is 32.1. The largest absolute Gasteiger partial charge is 0.490 e. The SMILES string of the molecule is COc1c(N)nsc1N1CCC2(O)CCCCC2C1. The number of hydrogen-bond acceptors (Lipinski definition) is 6. The lowest BCUT2D eigenvalue weighted by molar-refractivity contribution is -0.0612. The van der Waals surface area contributed by atoms with Crippen LogP contribution in [0.3, 0.4) is 0 Å². The van der Waals surface area contributed by atoms with Gasteiger partial charge in [0.25, 0.3) is 0 Å². The molecule has 0 aromatic carbocycles. The van der Waals surface area contributed by atoms with Crippen LogP contribution < -0.4 is 15.4 Å². The number of fused-ring (bicyclic) bond motifs is 1. The normalized spacial score (nSPS) is 31.1. The first-order valence-electron chi connectivity index (χ1n) is 6.90. The molecule has 3 N–H and O–H groups in total. The van der Waals surface area contributed by atoms with Crippen molar-refractivity contribution in [1.29, 1.82) is 0 Å². The van der Waals surface area contributed by atoms with E-state index in [1.165, 1.54) is 18.0 Å². The fraction of sp³-hybridized carbons (Fsp3) is 0.769. The van der Waals surface area contributed by atoms with Crippen molar-refractivity contribution in [3.63, 3.8) is 0 Å². The number of rotatable bonds is 2. The average molecular weight is 283 g/mol. The van der Waals surface area contributed by atoms with E-state index in [9.17, 15) is 5.11 Å². The van der Waals surface area contributed by atoms with Crippen molar-refractivity contribution in [3.05, 3.63) is 0 Å². The zero-order valence-corrected chi connectivity index (χ0v) is 12.1. The van der Waals surface area contributed by atoms with Crippen LogP contribution >= 0.6 is 11.5 Å². The van der Waals surface area contributed by atoms with Crippen LogP contribution in [0.25, 0.3) is 0 Å². The number of nitrogens with two attached hydrogens (primary N) is 1. The van der Waals surface area contributed by atoms with Gasteiger partial charge in [-0.3, -0.25) is 0 Å². The highest BCUT2D eigenvalue weighted by molar-refractivity contribution is 7.11. The number of aliphatic hydroxyl groups is 1. The molecule has 5 nitrogen and oxygen atoms in total. The van der Waals surface area contributed by atoms with E-state index in [1.807, 2.05) is 0 Å². The number of ether oxygens (including phenoxy) is 1. The van der Waals surface area contributed by atoms with E-state index < -0.39 is 5.60 Å². The number of nitrogens with zero attached hydrogens (tertiary/aromatic N) is 2. The van der Waals surface area contributed by atoms with E-state index in [4.69, 9.17) is 10.5 Å². The summed E-state index contributed by atoms with van der Waals surface area (Å²) in [6.07, 6.45) is 5.28. The van der Waals surface area contributed by atoms with Crippen molar-refractivity contribution < 1.29 is 9.84 Å². The minimum absolute atomic E-state index is 0.364. The molecule has 106 valence electrons. The lowest BCUT2D eigenvalue weighted by atomic mass is 9.71. The molecule has 1 aliphatic heterocycles. The highest BCUT2D eigenvalue weighted by Crippen LogP contribution is 2.45. The molecular formula is C13H21N3O2S. The minimum atomic E-state index is -0.446. The first-order chi connectivity index (χ1) is 9.14. The topological polar surface area (TPSA) is 71.6 Å². The van der Waals surface area contributed by atoms with Crippen molar-refractivity contribution in [2.45, 2.75) is 37.7 Å². The van der Waals surface area contributed by atoms with Gasteiger partial charge in [-0.2, -0.15) is 4.37 Å². The Kier molecular flexibility index (Phi) is 3.30. The van der Waals surface area contributed by atoms with Gasteiger partial charge in [-0.05, 0) is 30.8 Å². The monoisotopic (exact) mass is 283 g/mol. The van der Waals surface area contributed by atoms with E-state index in [-0.39, 0.29) is 0 Å². The first kappa shape index (κ1) is 13.0. The lowest BCUT2D eigenvalue weighted by Crippen LogP contribution is -2.53. The molecule has 19 heavy (non-hydrogen) atoms. The predicted molar refractivity (Wildman–Crippen MR) is 76.8 cm³/mol. The smallest absolute Gasteiger partial charge is 0.197 e. The van der Waals surface area contributed by atoms with Gasteiger partial charge in [0.15, 0.2) is 16.6 Å². The van der Waals surface area contributed by atoms with Crippen LogP contribution in [0.2, 0.25) is 0 Å². The molecule has 2 fully saturated rings. The molecule has 1 saturated heterocycles. The molecular weight excluding hydrogens is 262 g/mol. The van der Waals surface area contributed by atoms with E-state index in [0.29, 0.717) is 17.5 Å². The lowest BCUT2D eigenvalue weighted by Gasteiger charge is -2.47. The molecule has 2 heterocycles. The number of piperidine rings is 1. The Hall–Kier alpha value is -1.01. The third-order valence-corrected chi connectivity index (χ3v) is 5.48. The fourth-order valence-electron chi connectivity index (χ4n) is 3.43. The molecule has 0 amide bonds. The third kappa shape index (κ3) is 2.17. The molecule has 3 rings (SSSR count). The van der Waals surface area contributed by atoms with Gasteiger partial charge in [0, 0.05) is 19.0 Å². The van der Waals surface area contributed by atoms with Gasteiger partial charge in [-0.15, -0.1) is 0 Å². The number of aromatic nitrogens is 1. The summed E-state index contributed by atoms with van der Waals surface area (Å²) in [6, 6.07) is 0. The molecule has 0 spiro atoms. The van der Waals surface area contributed by atoms with Crippen LogP contribution in [0.15, 0.2) is 0 Å². The molecule has 0 radical (unpaired) electrons. The van der Waals surface area contributed by atoms with Crippen LogP contribution in [0.4, 0.5) is 10.8 Å². The maximum Gasteiger partial charge on any atom is 0.197 e. The van der Waals surface area contributed by atoms with Crippen molar-refractivity contribution in [2.24, 2.45) is 5.92 Å². The van der Waals surface area contributed by atoms with E-state index in [0.717, 1.165) is 43.8 Å². The molecule has 1 saturated carbocycles. The van der Waals surface area contributed by atoms with E-state index >= 15 is 0 Å². The molecule has 6 heteroatoms. The summed E-state index contributed by atoms with van der Waals surface area (Å²) in [6.45, 7) is 1.74. The van der Waals surface area contributed by atoms with Crippen molar-refractivity contribution in [3.8, 4) is 5.75 Å².